The van der Waals surface area contributed by atoms with Crippen LogP contribution in [0.15, 0.2) is 24.3 Å². The lowest BCUT2D eigenvalue weighted by molar-refractivity contribution is -0.132. The molecule has 1 aromatic carbocycles. The molecule has 7 heteroatoms. The van der Waals surface area contributed by atoms with E-state index in [1.807, 2.05) is 17.0 Å². The molecule has 0 radical (unpaired) electrons. The van der Waals surface area contributed by atoms with Crippen molar-refractivity contribution in [1.29, 1.82) is 0 Å². The Morgan fingerprint density at radius 2 is 1.79 bits per heavy atom. The minimum absolute atomic E-state index is 0.0240. The normalized spacial score (nSPS) is 15.6. The second kappa shape index (κ2) is 10.4. The molecule has 2 rings (SSSR count). The van der Waals surface area contributed by atoms with Crippen molar-refractivity contribution in [2.45, 2.75) is 62.7 Å². The molecule has 0 unspecified atom stereocenters. The summed E-state index contributed by atoms with van der Waals surface area (Å²) >= 11 is 11.1. The fraction of sp³-hybridized carbons (Fsp3) is 0.619. The van der Waals surface area contributed by atoms with Crippen molar-refractivity contribution in [2.24, 2.45) is 0 Å². The quantitative estimate of drug-likeness (QED) is 0.526. The Kier molecular flexibility index (Phi) is 8.44. The van der Waals surface area contributed by atoms with Gasteiger partial charge in [0.15, 0.2) is 4.84 Å². The summed E-state index contributed by atoms with van der Waals surface area (Å²) < 4.78 is 5.75. The molecule has 1 aliphatic heterocycles. The summed E-state index contributed by atoms with van der Waals surface area (Å²) in [5, 5.41) is 2.80. The molecule has 5 nitrogen and oxygen atoms in total. The van der Waals surface area contributed by atoms with E-state index in [2.05, 4.69) is 38.2 Å². The van der Waals surface area contributed by atoms with E-state index in [9.17, 15) is 9.59 Å². The Morgan fingerprint density at radius 3 is 2.32 bits per heavy atom. The highest BCUT2D eigenvalue weighted by Crippen LogP contribution is 2.24. The molecule has 0 saturated carbocycles. The third-order valence-corrected chi connectivity index (χ3v) is 5.31. The summed E-state index contributed by atoms with van der Waals surface area (Å²) in [7, 11) is 0. The van der Waals surface area contributed by atoms with E-state index >= 15 is 0 Å². The number of nitrogens with one attached hydrogen (secondary N) is 1. The minimum atomic E-state index is -1.05. The molecule has 0 aromatic heterocycles. The van der Waals surface area contributed by atoms with Crippen LogP contribution in [0.2, 0.25) is 0 Å². The number of halogens is 2. The highest BCUT2D eigenvalue weighted by Gasteiger charge is 2.25. The van der Waals surface area contributed by atoms with Gasteiger partial charge in [0.05, 0.1) is 6.61 Å². The van der Waals surface area contributed by atoms with Gasteiger partial charge in [-0.05, 0) is 42.4 Å². The van der Waals surface area contributed by atoms with Gasteiger partial charge in [0.2, 0.25) is 5.91 Å². The van der Waals surface area contributed by atoms with E-state index in [1.54, 1.807) is 0 Å². The first kappa shape index (κ1) is 22.8. The van der Waals surface area contributed by atoms with Gasteiger partial charge in [-0.15, -0.1) is 0 Å². The molecule has 0 bridgehead atoms. The molecule has 0 aliphatic carbocycles. The Morgan fingerprint density at radius 1 is 1.18 bits per heavy atom. The van der Waals surface area contributed by atoms with Crippen molar-refractivity contribution >= 4 is 35.0 Å². The van der Waals surface area contributed by atoms with E-state index in [4.69, 9.17) is 27.9 Å². The molecular formula is C21H30Cl2N2O3. The molecule has 156 valence electrons. The Labute approximate surface area is 177 Å². The van der Waals surface area contributed by atoms with Gasteiger partial charge >= 0.3 is 0 Å². The van der Waals surface area contributed by atoms with Crippen molar-refractivity contribution in [3.63, 3.8) is 0 Å². The summed E-state index contributed by atoms with van der Waals surface area (Å²) in [5.74, 6) is 0.582. The summed E-state index contributed by atoms with van der Waals surface area (Å²) in [5.41, 5.74) is 1.39. The first-order chi connectivity index (χ1) is 13.2. The number of carbonyl (C=O) groups is 2. The molecule has 0 atom stereocenters. The van der Waals surface area contributed by atoms with Crippen molar-refractivity contribution in [3.8, 4) is 5.75 Å². The first-order valence-corrected chi connectivity index (χ1v) is 10.6. The maximum Gasteiger partial charge on any atom is 0.253 e. The van der Waals surface area contributed by atoms with Crippen molar-refractivity contribution in [3.05, 3.63) is 29.8 Å². The molecule has 1 aromatic rings. The number of rotatable bonds is 7. The zero-order valence-electron chi connectivity index (χ0n) is 16.8. The number of carbonyl (C=O) groups excluding carboxylic acids is 2. The molecule has 1 aliphatic rings. The maximum atomic E-state index is 12.3. The topological polar surface area (TPSA) is 58.6 Å². The Hall–Kier alpha value is -1.46. The van der Waals surface area contributed by atoms with Crippen LogP contribution in [0, 0.1) is 0 Å². The summed E-state index contributed by atoms with van der Waals surface area (Å²) in [4.78, 5) is 24.7. The summed E-state index contributed by atoms with van der Waals surface area (Å²) in [6, 6.07) is 8.15. The van der Waals surface area contributed by atoms with Crippen LogP contribution >= 0.6 is 23.2 Å². The Balaban J connectivity index is 1.65. The lowest BCUT2D eigenvalue weighted by Crippen LogP contribution is -2.47. The first-order valence-electron chi connectivity index (χ1n) is 9.76. The van der Waals surface area contributed by atoms with Crippen LogP contribution < -0.4 is 10.1 Å². The lowest BCUT2D eigenvalue weighted by atomic mass is 9.87. The van der Waals surface area contributed by atoms with Crippen LogP contribution in [0.4, 0.5) is 0 Å². The van der Waals surface area contributed by atoms with Gasteiger partial charge in [-0.1, -0.05) is 56.1 Å². The second-order valence-corrected chi connectivity index (χ2v) is 9.29. The molecule has 0 spiro atoms. The van der Waals surface area contributed by atoms with Gasteiger partial charge in [0.25, 0.3) is 5.91 Å². The molecule has 28 heavy (non-hydrogen) atoms. The standard InChI is InChI=1S/C21H30Cl2N2O3/c1-21(2,3)15-6-8-17(9-7-15)28-14-4-5-18(26)25-12-10-16(11-13-25)24-20(27)19(22)23/h6-9,16,19H,4-5,10-14H2,1-3H3,(H,24,27). The van der Waals surface area contributed by atoms with Crippen LogP contribution in [0.1, 0.15) is 52.0 Å². The van der Waals surface area contributed by atoms with Crippen LogP contribution in [0.5, 0.6) is 5.75 Å². The number of alkyl halides is 2. The van der Waals surface area contributed by atoms with Crippen LogP contribution in [-0.4, -0.2) is 47.3 Å². The SMILES string of the molecule is CC(C)(C)c1ccc(OCCCC(=O)N2CCC(NC(=O)C(Cl)Cl)CC2)cc1. The number of piperidine rings is 1. The number of ether oxygens (including phenoxy) is 1. The fourth-order valence-electron chi connectivity index (χ4n) is 3.16. The van der Waals surface area contributed by atoms with Crippen molar-refractivity contribution < 1.29 is 14.3 Å². The van der Waals surface area contributed by atoms with Gasteiger partial charge in [0.1, 0.15) is 5.75 Å². The molecule has 2 amide bonds. The molecular weight excluding hydrogens is 399 g/mol. The maximum absolute atomic E-state index is 12.3. The van der Waals surface area contributed by atoms with E-state index < -0.39 is 4.84 Å². The summed E-state index contributed by atoms with van der Waals surface area (Å²) in [6.45, 7) is 8.31. The molecule has 1 heterocycles. The van der Waals surface area contributed by atoms with E-state index in [0.717, 1.165) is 5.75 Å². The van der Waals surface area contributed by atoms with E-state index in [1.165, 1.54) is 5.56 Å². The van der Waals surface area contributed by atoms with Gasteiger partial charge in [-0.25, -0.2) is 0 Å². The highest BCUT2D eigenvalue weighted by atomic mass is 35.5. The summed E-state index contributed by atoms with van der Waals surface area (Å²) in [6.07, 6.45) is 2.57. The van der Waals surface area contributed by atoms with E-state index in [-0.39, 0.29) is 23.3 Å². The Bertz CT molecular complexity index is 649. The average molecular weight is 429 g/mol. The molecule has 1 N–H and O–H groups in total. The lowest BCUT2D eigenvalue weighted by Gasteiger charge is -2.32. The number of likely N-dealkylation sites (tertiary alicyclic amines) is 1. The predicted molar refractivity (Wildman–Crippen MR) is 113 cm³/mol. The third-order valence-electron chi connectivity index (χ3n) is 4.92. The van der Waals surface area contributed by atoms with Crippen molar-refractivity contribution in [1.82, 2.24) is 10.2 Å². The van der Waals surface area contributed by atoms with Crippen LogP contribution in [0.25, 0.3) is 0 Å². The fourth-order valence-corrected chi connectivity index (χ4v) is 3.29. The third kappa shape index (κ3) is 7.17. The zero-order chi connectivity index (χ0) is 20.7. The highest BCUT2D eigenvalue weighted by molar-refractivity contribution is 6.53. The number of hydrogen-bond acceptors (Lipinski definition) is 3. The monoisotopic (exact) mass is 428 g/mol. The molecule has 1 saturated heterocycles. The molecule has 1 fully saturated rings. The van der Waals surface area contributed by atoms with Crippen molar-refractivity contribution in [2.75, 3.05) is 19.7 Å². The number of hydrogen-bond donors (Lipinski definition) is 1. The van der Waals surface area contributed by atoms with Gasteiger partial charge in [-0.3, -0.25) is 9.59 Å². The van der Waals surface area contributed by atoms with Gasteiger partial charge in [-0.2, -0.15) is 0 Å². The number of nitrogens with zero attached hydrogens (tertiary/aromatic N) is 1. The van der Waals surface area contributed by atoms with E-state index in [0.29, 0.717) is 45.4 Å². The van der Waals surface area contributed by atoms with Crippen LogP contribution in [-0.2, 0) is 15.0 Å². The second-order valence-electron chi connectivity index (χ2n) is 8.19. The zero-order valence-corrected chi connectivity index (χ0v) is 18.4. The minimum Gasteiger partial charge on any atom is -0.494 e. The van der Waals surface area contributed by atoms with Gasteiger partial charge in [0, 0.05) is 25.6 Å². The largest absolute Gasteiger partial charge is 0.494 e. The number of amides is 2. The smallest absolute Gasteiger partial charge is 0.253 e. The van der Waals surface area contributed by atoms with Gasteiger partial charge < -0.3 is 15.0 Å². The van der Waals surface area contributed by atoms with Crippen LogP contribution in [0.3, 0.4) is 0 Å². The predicted octanol–water partition coefficient (Wildman–Crippen LogP) is 4.05. The average Bonchev–Trinajstić information content (AvgIpc) is 2.65. The number of benzene rings is 1.